The van der Waals surface area contributed by atoms with Gasteiger partial charge in [0.1, 0.15) is 0 Å². The van der Waals surface area contributed by atoms with Crippen LogP contribution in [-0.2, 0) is 4.74 Å². The molecule has 2 heterocycles. The molecule has 3 rings (SSSR count). The Kier molecular flexibility index (Phi) is 5.58. The third kappa shape index (κ3) is 3.88. The van der Waals surface area contributed by atoms with Gasteiger partial charge in [-0.1, -0.05) is 25.1 Å². The molecule has 0 amide bonds. The topological polar surface area (TPSA) is 92.3 Å². The van der Waals surface area contributed by atoms with E-state index in [0.717, 1.165) is 22.6 Å². The van der Waals surface area contributed by atoms with Crippen LogP contribution >= 0.6 is 11.8 Å². The minimum atomic E-state index is -0.731. The van der Waals surface area contributed by atoms with Crippen LogP contribution in [0, 0.1) is 0 Å². The zero-order valence-corrected chi connectivity index (χ0v) is 15.0. The highest BCUT2D eigenvalue weighted by Gasteiger charge is 2.18. The summed E-state index contributed by atoms with van der Waals surface area (Å²) in [5, 5.41) is 11.0. The van der Waals surface area contributed by atoms with Crippen molar-refractivity contribution < 1.29 is 14.6 Å². The number of pyridine rings is 2. The summed E-state index contributed by atoms with van der Waals surface area (Å²) in [4.78, 5) is 32.7. The van der Waals surface area contributed by atoms with E-state index < -0.39 is 11.5 Å². The van der Waals surface area contributed by atoms with Crippen LogP contribution in [0.1, 0.15) is 30.3 Å². The van der Waals surface area contributed by atoms with E-state index in [1.54, 1.807) is 30.6 Å². The van der Waals surface area contributed by atoms with Gasteiger partial charge in [0.05, 0.1) is 12.0 Å². The van der Waals surface area contributed by atoms with Crippen molar-refractivity contribution in [1.82, 2.24) is 9.97 Å². The molecule has 7 heteroatoms. The monoisotopic (exact) mass is 370 g/mol. The van der Waals surface area contributed by atoms with Crippen molar-refractivity contribution in [3.8, 4) is 5.75 Å². The Morgan fingerprint density at radius 3 is 2.69 bits per heavy atom. The van der Waals surface area contributed by atoms with Crippen molar-refractivity contribution in [1.29, 1.82) is 0 Å². The number of aromatic hydroxyl groups is 1. The molecule has 1 aromatic carbocycles. The SMILES string of the molecule is CCCCOC(=O)c1[nH]c(=O)c2cc(Sc3ccncc3)ccc2c1O. The highest BCUT2D eigenvalue weighted by Crippen LogP contribution is 2.32. The van der Waals surface area contributed by atoms with Gasteiger partial charge < -0.3 is 14.8 Å². The Hall–Kier alpha value is -2.80. The first-order chi connectivity index (χ1) is 12.6. The molecule has 134 valence electrons. The van der Waals surface area contributed by atoms with Crippen LogP contribution in [0.5, 0.6) is 5.75 Å². The number of carbonyl (C=O) groups excluding carboxylic acids is 1. The van der Waals surface area contributed by atoms with Crippen LogP contribution in [0.3, 0.4) is 0 Å². The first-order valence-corrected chi connectivity index (χ1v) is 9.05. The summed E-state index contributed by atoms with van der Waals surface area (Å²) in [5.41, 5.74) is -0.662. The van der Waals surface area contributed by atoms with Gasteiger partial charge in [0.25, 0.3) is 5.56 Å². The number of nitrogens with one attached hydrogen (secondary N) is 1. The van der Waals surface area contributed by atoms with Gasteiger partial charge in [0.15, 0.2) is 11.4 Å². The number of hydrogen-bond acceptors (Lipinski definition) is 6. The van der Waals surface area contributed by atoms with Gasteiger partial charge in [0, 0.05) is 27.6 Å². The standard InChI is InChI=1S/C19H18N2O4S/c1-2-3-10-25-19(24)16-17(22)14-5-4-13(11-15(14)18(23)21-16)26-12-6-8-20-9-7-12/h4-9,11,22H,2-3,10H2,1H3,(H,21,23). The molecule has 0 bridgehead atoms. The molecule has 0 saturated heterocycles. The summed E-state index contributed by atoms with van der Waals surface area (Å²) in [6.07, 6.45) is 4.99. The highest BCUT2D eigenvalue weighted by atomic mass is 32.2. The van der Waals surface area contributed by atoms with Gasteiger partial charge in [-0.2, -0.15) is 0 Å². The average Bonchev–Trinajstić information content (AvgIpc) is 2.65. The summed E-state index contributed by atoms with van der Waals surface area (Å²) in [6, 6.07) is 8.84. The number of fused-ring (bicyclic) bond motifs is 1. The second kappa shape index (κ2) is 8.05. The summed E-state index contributed by atoms with van der Waals surface area (Å²) in [7, 11) is 0. The summed E-state index contributed by atoms with van der Waals surface area (Å²) in [6.45, 7) is 2.22. The van der Waals surface area contributed by atoms with E-state index in [9.17, 15) is 14.7 Å². The number of H-pyrrole nitrogens is 1. The van der Waals surface area contributed by atoms with E-state index in [-0.39, 0.29) is 18.1 Å². The maximum absolute atomic E-state index is 12.4. The molecule has 0 unspecified atom stereocenters. The maximum atomic E-state index is 12.4. The zero-order chi connectivity index (χ0) is 18.5. The summed E-state index contributed by atoms with van der Waals surface area (Å²) in [5.74, 6) is -1.01. The summed E-state index contributed by atoms with van der Waals surface area (Å²) < 4.78 is 5.08. The van der Waals surface area contributed by atoms with Crippen LogP contribution in [0.2, 0.25) is 0 Å². The second-order valence-corrected chi connectivity index (χ2v) is 6.81. The van der Waals surface area contributed by atoms with Crippen LogP contribution in [0.15, 0.2) is 57.3 Å². The van der Waals surface area contributed by atoms with Crippen molar-refractivity contribution >= 4 is 28.5 Å². The number of aromatic nitrogens is 2. The van der Waals surface area contributed by atoms with Crippen molar-refractivity contribution in [2.75, 3.05) is 6.61 Å². The molecule has 0 atom stereocenters. The molecule has 0 aliphatic heterocycles. The molecule has 0 spiro atoms. The molecule has 2 N–H and O–H groups in total. The van der Waals surface area contributed by atoms with Gasteiger partial charge in [-0.05, 0) is 36.8 Å². The van der Waals surface area contributed by atoms with Crippen LogP contribution in [-0.4, -0.2) is 27.7 Å². The van der Waals surface area contributed by atoms with Gasteiger partial charge in [-0.25, -0.2) is 4.79 Å². The molecule has 0 radical (unpaired) electrons. The Bertz CT molecular complexity index is 986. The van der Waals surface area contributed by atoms with Crippen molar-refractivity contribution in [3.05, 3.63) is 58.8 Å². The molecular weight excluding hydrogens is 352 g/mol. The maximum Gasteiger partial charge on any atom is 0.358 e. The fourth-order valence-electron chi connectivity index (χ4n) is 2.43. The van der Waals surface area contributed by atoms with E-state index in [1.807, 2.05) is 19.1 Å². The van der Waals surface area contributed by atoms with Crippen LogP contribution < -0.4 is 5.56 Å². The molecule has 6 nitrogen and oxygen atoms in total. The van der Waals surface area contributed by atoms with Gasteiger partial charge in [-0.15, -0.1) is 0 Å². The third-order valence-electron chi connectivity index (χ3n) is 3.79. The Morgan fingerprint density at radius 2 is 1.96 bits per heavy atom. The van der Waals surface area contributed by atoms with E-state index in [0.29, 0.717) is 10.8 Å². The Balaban J connectivity index is 1.94. The van der Waals surface area contributed by atoms with E-state index in [4.69, 9.17) is 4.74 Å². The molecule has 0 saturated carbocycles. The van der Waals surface area contributed by atoms with E-state index in [1.165, 1.54) is 11.8 Å². The number of carbonyl (C=O) groups is 1. The largest absolute Gasteiger partial charge is 0.505 e. The minimum absolute atomic E-state index is 0.215. The molecule has 26 heavy (non-hydrogen) atoms. The smallest absolute Gasteiger partial charge is 0.358 e. The lowest BCUT2D eigenvalue weighted by molar-refractivity contribution is 0.0489. The lowest BCUT2D eigenvalue weighted by Crippen LogP contribution is -2.16. The highest BCUT2D eigenvalue weighted by molar-refractivity contribution is 7.99. The van der Waals surface area contributed by atoms with Crippen molar-refractivity contribution in [2.24, 2.45) is 0 Å². The molecule has 0 fully saturated rings. The number of unbranched alkanes of at least 4 members (excludes halogenated alkanes) is 1. The second-order valence-electron chi connectivity index (χ2n) is 5.66. The molecule has 3 aromatic rings. The lowest BCUT2D eigenvalue weighted by atomic mass is 10.1. The number of aromatic amines is 1. The van der Waals surface area contributed by atoms with Gasteiger partial charge >= 0.3 is 5.97 Å². The predicted octanol–water partition coefficient (Wildman–Crippen LogP) is 3.74. The lowest BCUT2D eigenvalue weighted by Gasteiger charge is -2.09. The van der Waals surface area contributed by atoms with Gasteiger partial charge in [0.2, 0.25) is 0 Å². The number of ether oxygens (including phenoxy) is 1. The number of benzene rings is 1. The quantitative estimate of drug-likeness (QED) is 0.507. The van der Waals surface area contributed by atoms with E-state index in [2.05, 4.69) is 9.97 Å². The number of nitrogens with zero attached hydrogens (tertiary/aromatic N) is 1. The van der Waals surface area contributed by atoms with E-state index >= 15 is 0 Å². The number of rotatable bonds is 6. The fourth-order valence-corrected chi connectivity index (χ4v) is 3.27. The fraction of sp³-hybridized carbons (Fsp3) is 0.211. The van der Waals surface area contributed by atoms with Crippen molar-refractivity contribution in [2.45, 2.75) is 29.6 Å². The van der Waals surface area contributed by atoms with Crippen LogP contribution in [0.25, 0.3) is 10.8 Å². The number of esters is 1. The number of hydrogen-bond donors (Lipinski definition) is 2. The minimum Gasteiger partial charge on any atom is -0.505 e. The third-order valence-corrected chi connectivity index (χ3v) is 4.78. The summed E-state index contributed by atoms with van der Waals surface area (Å²) >= 11 is 1.48. The molecule has 0 aliphatic rings. The first-order valence-electron chi connectivity index (χ1n) is 8.24. The zero-order valence-electron chi connectivity index (χ0n) is 14.2. The Labute approximate surface area is 154 Å². The Morgan fingerprint density at radius 1 is 1.19 bits per heavy atom. The molecule has 0 aliphatic carbocycles. The van der Waals surface area contributed by atoms with Crippen molar-refractivity contribution in [3.63, 3.8) is 0 Å². The molecule has 2 aromatic heterocycles. The van der Waals surface area contributed by atoms with Gasteiger partial charge in [-0.3, -0.25) is 9.78 Å². The normalized spacial score (nSPS) is 10.8. The average molecular weight is 370 g/mol. The predicted molar refractivity (Wildman–Crippen MR) is 99.8 cm³/mol. The van der Waals surface area contributed by atoms with Crippen LogP contribution in [0.4, 0.5) is 0 Å². The molecular formula is C19H18N2O4S. The first kappa shape index (κ1) is 18.0.